The van der Waals surface area contributed by atoms with Gasteiger partial charge in [-0.3, -0.25) is 14.5 Å². The molecular formula is C18H20N6O. The van der Waals surface area contributed by atoms with Crippen molar-refractivity contribution in [2.75, 3.05) is 12.4 Å². The number of rotatable bonds is 5. The van der Waals surface area contributed by atoms with Crippen molar-refractivity contribution in [3.63, 3.8) is 0 Å². The fourth-order valence-corrected chi connectivity index (χ4v) is 3.24. The van der Waals surface area contributed by atoms with E-state index in [0.717, 1.165) is 52.9 Å². The van der Waals surface area contributed by atoms with E-state index in [1.807, 2.05) is 43.2 Å². The predicted octanol–water partition coefficient (Wildman–Crippen LogP) is 2.07. The number of primary amides is 1. The first-order valence-corrected chi connectivity index (χ1v) is 8.40. The molecule has 0 saturated heterocycles. The van der Waals surface area contributed by atoms with Crippen molar-refractivity contribution < 1.29 is 4.79 Å². The fraction of sp³-hybridized carbons (Fsp3) is 0.333. The topological polar surface area (TPSA) is 98.7 Å². The van der Waals surface area contributed by atoms with Gasteiger partial charge >= 0.3 is 0 Å². The molecule has 128 valence electrons. The molecule has 0 bridgehead atoms. The van der Waals surface area contributed by atoms with Crippen LogP contribution in [-0.2, 0) is 16.8 Å². The number of fused-ring (bicyclic) bond motifs is 1. The highest BCUT2D eigenvalue weighted by molar-refractivity contribution is 6.01. The van der Waals surface area contributed by atoms with Crippen molar-refractivity contribution in [1.82, 2.24) is 19.7 Å². The minimum Gasteiger partial charge on any atom is -0.373 e. The standard InChI is InChI=1S/C18H20N6O/c1-3-24-7-4-14(23-24)12-9-22-16(20-2)13-10-21-15(8-11(12)13)18(5-6-18)17(19)25/h4,7-10H,3,5-6H2,1-2H3,(H2,19,25)(H,20,22). The Kier molecular flexibility index (Phi) is 3.45. The third-order valence-corrected chi connectivity index (χ3v) is 4.96. The number of anilines is 1. The number of hydrogen-bond acceptors (Lipinski definition) is 5. The molecule has 4 rings (SSSR count). The van der Waals surface area contributed by atoms with Gasteiger partial charge in [0.1, 0.15) is 5.82 Å². The molecule has 0 atom stereocenters. The van der Waals surface area contributed by atoms with E-state index in [0.29, 0.717) is 0 Å². The molecule has 25 heavy (non-hydrogen) atoms. The summed E-state index contributed by atoms with van der Waals surface area (Å²) in [5.74, 6) is 0.440. The molecule has 1 aliphatic rings. The minimum atomic E-state index is -0.614. The van der Waals surface area contributed by atoms with Gasteiger partial charge in [-0.2, -0.15) is 5.10 Å². The maximum Gasteiger partial charge on any atom is 0.229 e. The van der Waals surface area contributed by atoms with Crippen molar-refractivity contribution in [3.8, 4) is 11.3 Å². The number of pyridine rings is 2. The van der Waals surface area contributed by atoms with E-state index in [4.69, 9.17) is 5.73 Å². The van der Waals surface area contributed by atoms with E-state index in [-0.39, 0.29) is 5.91 Å². The van der Waals surface area contributed by atoms with Crippen molar-refractivity contribution in [1.29, 1.82) is 0 Å². The zero-order valence-corrected chi connectivity index (χ0v) is 14.3. The van der Waals surface area contributed by atoms with Gasteiger partial charge in [-0.25, -0.2) is 4.98 Å². The molecule has 1 saturated carbocycles. The molecule has 0 spiro atoms. The van der Waals surface area contributed by atoms with E-state index in [1.165, 1.54) is 0 Å². The monoisotopic (exact) mass is 336 g/mol. The Morgan fingerprint density at radius 3 is 2.72 bits per heavy atom. The zero-order valence-electron chi connectivity index (χ0n) is 14.3. The van der Waals surface area contributed by atoms with Crippen LogP contribution in [0.3, 0.4) is 0 Å². The summed E-state index contributed by atoms with van der Waals surface area (Å²) in [7, 11) is 1.83. The summed E-state index contributed by atoms with van der Waals surface area (Å²) in [4.78, 5) is 20.9. The van der Waals surface area contributed by atoms with E-state index < -0.39 is 5.41 Å². The van der Waals surface area contributed by atoms with E-state index in [1.54, 1.807) is 6.20 Å². The second-order valence-electron chi connectivity index (χ2n) is 6.39. The van der Waals surface area contributed by atoms with Crippen LogP contribution in [0.4, 0.5) is 5.82 Å². The molecule has 1 amide bonds. The molecule has 0 unspecified atom stereocenters. The molecule has 0 radical (unpaired) electrons. The summed E-state index contributed by atoms with van der Waals surface area (Å²) in [6.07, 6.45) is 7.03. The smallest absolute Gasteiger partial charge is 0.229 e. The first-order chi connectivity index (χ1) is 12.1. The normalized spacial score (nSPS) is 15.3. The van der Waals surface area contributed by atoms with Gasteiger partial charge in [0.25, 0.3) is 0 Å². The maximum atomic E-state index is 11.9. The first kappa shape index (κ1) is 15.6. The molecule has 7 nitrogen and oxygen atoms in total. The first-order valence-electron chi connectivity index (χ1n) is 8.40. The van der Waals surface area contributed by atoms with Crippen LogP contribution in [0, 0.1) is 0 Å². The number of nitrogens with zero attached hydrogens (tertiary/aromatic N) is 4. The van der Waals surface area contributed by atoms with Crippen LogP contribution >= 0.6 is 0 Å². The van der Waals surface area contributed by atoms with Gasteiger partial charge in [0, 0.05) is 43.1 Å². The zero-order chi connectivity index (χ0) is 17.6. The van der Waals surface area contributed by atoms with Crippen LogP contribution in [0.1, 0.15) is 25.5 Å². The van der Waals surface area contributed by atoms with Crippen molar-refractivity contribution in [2.45, 2.75) is 31.7 Å². The third-order valence-electron chi connectivity index (χ3n) is 4.96. The molecular weight excluding hydrogens is 316 g/mol. The Bertz CT molecular complexity index is 973. The number of amides is 1. The molecule has 3 aromatic rings. The van der Waals surface area contributed by atoms with E-state index in [2.05, 4.69) is 20.4 Å². The molecule has 3 heterocycles. The molecule has 1 aliphatic carbocycles. The Balaban J connectivity index is 1.95. The van der Waals surface area contributed by atoms with Gasteiger partial charge in [-0.15, -0.1) is 0 Å². The second kappa shape index (κ2) is 5.54. The molecule has 0 aliphatic heterocycles. The van der Waals surface area contributed by atoms with Crippen LogP contribution in [0.2, 0.25) is 0 Å². The molecule has 1 fully saturated rings. The van der Waals surface area contributed by atoms with Gasteiger partial charge in [0.15, 0.2) is 0 Å². The van der Waals surface area contributed by atoms with Crippen molar-refractivity contribution >= 4 is 22.5 Å². The van der Waals surface area contributed by atoms with Crippen LogP contribution in [0.25, 0.3) is 22.0 Å². The van der Waals surface area contributed by atoms with E-state index in [9.17, 15) is 4.79 Å². The molecule has 3 aromatic heterocycles. The van der Waals surface area contributed by atoms with Crippen LogP contribution < -0.4 is 11.1 Å². The largest absolute Gasteiger partial charge is 0.373 e. The van der Waals surface area contributed by atoms with Crippen LogP contribution in [0.15, 0.2) is 30.7 Å². The quantitative estimate of drug-likeness (QED) is 0.743. The lowest BCUT2D eigenvalue weighted by Crippen LogP contribution is -2.29. The number of hydrogen-bond donors (Lipinski definition) is 2. The Morgan fingerprint density at radius 1 is 1.32 bits per heavy atom. The molecule has 0 aromatic carbocycles. The molecule has 3 N–H and O–H groups in total. The summed E-state index contributed by atoms with van der Waals surface area (Å²) < 4.78 is 1.88. The number of aromatic nitrogens is 4. The number of nitrogens with two attached hydrogens (primary N) is 1. The predicted molar refractivity (Wildman–Crippen MR) is 96.1 cm³/mol. The minimum absolute atomic E-state index is 0.306. The van der Waals surface area contributed by atoms with E-state index >= 15 is 0 Å². The second-order valence-corrected chi connectivity index (χ2v) is 6.39. The summed E-state index contributed by atoms with van der Waals surface area (Å²) in [6, 6.07) is 3.94. The van der Waals surface area contributed by atoms with Gasteiger partial charge in [0.05, 0.1) is 16.8 Å². The van der Waals surface area contributed by atoms with Gasteiger partial charge < -0.3 is 11.1 Å². The Morgan fingerprint density at radius 2 is 2.12 bits per heavy atom. The van der Waals surface area contributed by atoms with Crippen molar-refractivity contribution in [3.05, 3.63) is 36.4 Å². The number of carbonyl (C=O) groups is 1. The average Bonchev–Trinajstić information content (AvgIpc) is 3.32. The lowest BCUT2D eigenvalue weighted by atomic mass is 9.97. The lowest BCUT2D eigenvalue weighted by molar-refractivity contribution is -0.120. The molecule has 7 heteroatoms. The highest BCUT2D eigenvalue weighted by atomic mass is 16.1. The fourth-order valence-electron chi connectivity index (χ4n) is 3.24. The lowest BCUT2D eigenvalue weighted by Gasteiger charge is -2.14. The SMILES string of the molecule is CCn1ccc(-c2cnc(NC)c3cnc(C4(C(N)=O)CC4)cc23)n1. The van der Waals surface area contributed by atoms with Gasteiger partial charge in [-0.1, -0.05) is 0 Å². The number of aryl methyl sites for hydroxylation is 1. The summed E-state index contributed by atoms with van der Waals surface area (Å²) >= 11 is 0. The third kappa shape index (κ3) is 2.34. The highest BCUT2D eigenvalue weighted by Gasteiger charge is 2.51. The van der Waals surface area contributed by atoms with Gasteiger partial charge in [0.2, 0.25) is 5.91 Å². The highest BCUT2D eigenvalue weighted by Crippen LogP contribution is 2.48. The Hall–Kier alpha value is -2.96. The summed E-state index contributed by atoms with van der Waals surface area (Å²) in [5, 5.41) is 9.55. The van der Waals surface area contributed by atoms with Crippen LogP contribution in [-0.4, -0.2) is 32.7 Å². The summed E-state index contributed by atoms with van der Waals surface area (Å²) in [6.45, 7) is 2.85. The van der Waals surface area contributed by atoms with Gasteiger partial charge in [-0.05, 0) is 37.3 Å². The summed E-state index contributed by atoms with van der Waals surface area (Å²) in [5.41, 5.74) is 7.51. The number of nitrogens with one attached hydrogen (secondary N) is 1. The maximum absolute atomic E-state index is 11.9. The Labute approximate surface area is 145 Å². The number of carbonyl (C=O) groups excluding carboxylic acids is 1. The van der Waals surface area contributed by atoms with Crippen LogP contribution in [0.5, 0.6) is 0 Å². The average molecular weight is 336 g/mol. The van der Waals surface area contributed by atoms with Crippen molar-refractivity contribution in [2.24, 2.45) is 5.73 Å².